The number of nitrogens with one attached hydrogen (secondary N) is 2. The minimum atomic E-state index is -3.59. The number of hydrogen-bond donors (Lipinski definition) is 2. The van der Waals surface area contributed by atoms with Gasteiger partial charge in [-0.2, -0.15) is 0 Å². The van der Waals surface area contributed by atoms with Crippen LogP contribution in [0, 0.1) is 19.8 Å². The fourth-order valence-corrected chi connectivity index (χ4v) is 9.05. The molecule has 37 heavy (non-hydrogen) atoms. The molecule has 0 amide bonds. The molecule has 1 aromatic heterocycles. The van der Waals surface area contributed by atoms with E-state index in [1.165, 1.54) is 64.2 Å². The first-order valence-corrected chi connectivity index (χ1v) is 16.8. The Morgan fingerprint density at radius 1 is 0.946 bits per heavy atom. The first kappa shape index (κ1) is 27.1. The number of rotatable bonds is 8. The van der Waals surface area contributed by atoms with Crippen LogP contribution in [-0.4, -0.2) is 50.0 Å². The summed E-state index contributed by atoms with van der Waals surface area (Å²) in [7, 11) is -3.59. The second kappa shape index (κ2) is 12.1. The molecule has 2 aromatic rings. The minimum absolute atomic E-state index is 0.00799. The Bertz CT molecular complexity index is 1140. The molecule has 2 heterocycles. The van der Waals surface area contributed by atoms with E-state index in [9.17, 15) is 8.42 Å². The highest BCUT2D eigenvalue weighted by atomic mass is 32.2. The molecule has 204 valence electrons. The van der Waals surface area contributed by atoms with Crippen LogP contribution in [0.1, 0.15) is 88.3 Å². The van der Waals surface area contributed by atoms with E-state index in [4.69, 9.17) is 4.98 Å². The molecule has 0 spiro atoms. The van der Waals surface area contributed by atoms with Gasteiger partial charge < -0.3 is 10.2 Å². The number of thiazole rings is 1. The Kier molecular flexibility index (Phi) is 8.89. The second-order valence-electron chi connectivity index (χ2n) is 11.5. The van der Waals surface area contributed by atoms with Crippen molar-refractivity contribution in [2.45, 2.75) is 108 Å². The number of aryl methyl sites for hydroxylation is 2. The van der Waals surface area contributed by atoms with Crippen molar-refractivity contribution in [2.75, 3.05) is 25.0 Å². The number of nitrogens with zero attached hydrogens (tertiary/aromatic N) is 2. The summed E-state index contributed by atoms with van der Waals surface area (Å²) in [6.45, 7) is 6.87. The van der Waals surface area contributed by atoms with Gasteiger partial charge in [-0.1, -0.05) is 62.0 Å². The zero-order chi connectivity index (χ0) is 25.8. The molecule has 1 aromatic carbocycles. The maximum atomic E-state index is 13.5. The number of sulfonamides is 1. The number of hydrogen-bond acceptors (Lipinski definition) is 6. The third kappa shape index (κ3) is 6.75. The zero-order valence-electron chi connectivity index (χ0n) is 22.6. The number of likely N-dealkylation sites (tertiary alicyclic amines) is 1. The van der Waals surface area contributed by atoms with Gasteiger partial charge in [0, 0.05) is 18.6 Å². The van der Waals surface area contributed by atoms with Crippen LogP contribution in [-0.2, 0) is 10.0 Å². The van der Waals surface area contributed by atoms with E-state index in [1.807, 2.05) is 32.0 Å². The topological polar surface area (TPSA) is 74.3 Å². The Morgan fingerprint density at radius 2 is 1.62 bits per heavy atom. The highest BCUT2D eigenvalue weighted by Crippen LogP contribution is 2.35. The second-order valence-corrected chi connectivity index (χ2v) is 14.2. The van der Waals surface area contributed by atoms with Crippen LogP contribution in [0.25, 0.3) is 10.4 Å². The molecule has 5 rings (SSSR count). The lowest BCUT2D eigenvalue weighted by Gasteiger charge is -2.39. The smallest absolute Gasteiger partial charge is 0.241 e. The lowest BCUT2D eigenvalue weighted by Crippen LogP contribution is -2.48. The molecule has 1 aliphatic heterocycles. The van der Waals surface area contributed by atoms with E-state index >= 15 is 0 Å². The van der Waals surface area contributed by atoms with Gasteiger partial charge in [0.05, 0.1) is 15.5 Å². The molecule has 2 aliphatic carbocycles. The summed E-state index contributed by atoms with van der Waals surface area (Å²) in [5, 5.41) is 4.49. The highest BCUT2D eigenvalue weighted by molar-refractivity contribution is 7.89. The van der Waals surface area contributed by atoms with Crippen molar-refractivity contribution < 1.29 is 8.42 Å². The van der Waals surface area contributed by atoms with Gasteiger partial charge in [-0.05, 0) is 88.6 Å². The number of aromatic nitrogens is 1. The van der Waals surface area contributed by atoms with Crippen LogP contribution >= 0.6 is 11.3 Å². The normalized spacial score (nSPS) is 21.4. The van der Waals surface area contributed by atoms with Gasteiger partial charge in [0.2, 0.25) is 10.0 Å². The SMILES string of the molecule is Cc1ccc(-c2sc(NCC3CCCCC3)nc2C)cc1S(=O)(=O)NC1CCN(C2CCCCC2)CC1. The Morgan fingerprint density at radius 3 is 2.32 bits per heavy atom. The summed E-state index contributed by atoms with van der Waals surface area (Å²) >= 11 is 1.63. The zero-order valence-corrected chi connectivity index (χ0v) is 24.2. The molecule has 1 saturated heterocycles. The largest absolute Gasteiger partial charge is 0.361 e. The molecule has 8 heteroatoms. The van der Waals surface area contributed by atoms with Crippen molar-refractivity contribution in [3.63, 3.8) is 0 Å². The average molecular weight is 545 g/mol. The summed E-state index contributed by atoms with van der Waals surface area (Å²) in [6.07, 6.45) is 15.1. The predicted octanol–water partition coefficient (Wildman–Crippen LogP) is 6.49. The molecule has 3 aliphatic rings. The van der Waals surface area contributed by atoms with E-state index in [2.05, 4.69) is 14.9 Å². The van der Waals surface area contributed by atoms with Gasteiger partial charge in [0.1, 0.15) is 0 Å². The third-order valence-corrected chi connectivity index (χ3v) is 11.6. The molecule has 0 unspecified atom stereocenters. The molecule has 2 N–H and O–H groups in total. The number of anilines is 1. The fraction of sp³-hybridized carbons (Fsp3) is 0.690. The molecular weight excluding hydrogens is 500 g/mol. The lowest BCUT2D eigenvalue weighted by molar-refractivity contribution is 0.120. The molecule has 6 nitrogen and oxygen atoms in total. The monoisotopic (exact) mass is 544 g/mol. The van der Waals surface area contributed by atoms with Gasteiger partial charge in [-0.3, -0.25) is 0 Å². The van der Waals surface area contributed by atoms with Crippen molar-refractivity contribution in [2.24, 2.45) is 5.92 Å². The summed E-state index contributed by atoms with van der Waals surface area (Å²) in [5.41, 5.74) is 2.67. The summed E-state index contributed by atoms with van der Waals surface area (Å²) in [6, 6.07) is 6.52. The summed E-state index contributed by atoms with van der Waals surface area (Å²) in [4.78, 5) is 8.80. The highest BCUT2D eigenvalue weighted by Gasteiger charge is 2.29. The molecular formula is C29H44N4O2S2. The van der Waals surface area contributed by atoms with Gasteiger partial charge in [-0.15, -0.1) is 0 Å². The van der Waals surface area contributed by atoms with Crippen LogP contribution in [0.3, 0.4) is 0 Å². The van der Waals surface area contributed by atoms with Crippen molar-refractivity contribution in [1.82, 2.24) is 14.6 Å². The van der Waals surface area contributed by atoms with Crippen LogP contribution < -0.4 is 10.0 Å². The van der Waals surface area contributed by atoms with Crippen LogP contribution in [0.15, 0.2) is 23.1 Å². The van der Waals surface area contributed by atoms with Crippen molar-refractivity contribution in [1.29, 1.82) is 0 Å². The van der Waals surface area contributed by atoms with E-state index in [1.54, 1.807) is 11.3 Å². The first-order chi connectivity index (χ1) is 17.9. The first-order valence-electron chi connectivity index (χ1n) is 14.5. The van der Waals surface area contributed by atoms with Crippen molar-refractivity contribution in [3.05, 3.63) is 29.5 Å². The van der Waals surface area contributed by atoms with Gasteiger partial charge in [-0.25, -0.2) is 18.1 Å². The maximum absolute atomic E-state index is 13.5. The van der Waals surface area contributed by atoms with Gasteiger partial charge in [0.25, 0.3) is 0 Å². The molecule has 3 fully saturated rings. The Balaban J connectivity index is 1.24. The van der Waals surface area contributed by atoms with Crippen molar-refractivity contribution in [3.8, 4) is 10.4 Å². The predicted molar refractivity (Wildman–Crippen MR) is 154 cm³/mol. The van der Waals surface area contributed by atoms with E-state index < -0.39 is 10.0 Å². The molecule has 2 saturated carbocycles. The lowest BCUT2D eigenvalue weighted by atomic mass is 9.89. The average Bonchev–Trinajstić information content (AvgIpc) is 3.29. The van der Waals surface area contributed by atoms with Gasteiger partial charge >= 0.3 is 0 Å². The van der Waals surface area contributed by atoms with E-state index in [-0.39, 0.29) is 6.04 Å². The van der Waals surface area contributed by atoms with E-state index in [0.717, 1.165) is 65.2 Å². The molecule has 0 radical (unpaired) electrons. The standard InChI is InChI=1S/C29H44N4O2S2/c1-21-13-14-24(28-22(2)31-29(36-28)30-20-23-9-5-3-6-10-23)19-27(21)37(34,35)32-25-15-17-33(18-16-25)26-11-7-4-8-12-26/h13-14,19,23,25-26,32H,3-12,15-18,20H2,1-2H3,(H,30,31). The van der Waals surface area contributed by atoms with Gasteiger partial charge in [0.15, 0.2) is 5.13 Å². The summed E-state index contributed by atoms with van der Waals surface area (Å²) < 4.78 is 30.1. The minimum Gasteiger partial charge on any atom is -0.361 e. The van der Waals surface area contributed by atoms with Crippen molar-refractivity contribution >= 4 is 26.5 Å². The van der Waals surface area contributed by atoms with Crippen LogP contribution in [0.2, 0.25) is 0 Å². The van der Waals surface area contributed by atoms with Crippen LogP contribution in [0.5, 0.6) is 0 Å². The Hall–Kier alpha value is -1.48. The number of piperidine rings is 1. The maximum Gasteiger partial charge on any atom is 0.241 e. The van der Waals surface area contributed by atoms with Crippen LogP contribution in [0.4, 0.5) is 5.13 Å². The summed E-state index contributed by atoms with van der Waals surface area (Å²) in [5.74, 6) is 0.734. The molecule has 0 bridgehead atoms. The quantitative estimate of drug-likeness (QED) is 0.397. The third-order valence-electron chi connectivity index (χ3n) is 8.75. The van der Waals surface area contributed by atoms with E-state index in [0.29, 0.717) is 10.9 Å². The number of benzene rings is 1. The Labute approximate surface area is 227 Å². The fourth-order valence-electron chi connectivity index (χ4n) is 6.51. The molecule has 0 atom stereocenters.